The highest BCUT2D eigenvalue weighted by Crippen LogP contribution is 2.31. The molecule has 0 fully saturated rings. The third-order valence-electron chi connectivity index (χ3n) is 3.70. The van der Waals surface area contributed by atoms with Crippen LogP contribution in [0.3, 0.4) is 0 Å². The number of rotatable bonds is 7. The Hall–Kier alpha value is -3.39. The quantitative estimate of drug-likeness (QED) is 0.353. The molecule has 0 saturated heterocycles. The van der Waals surface area contributed by atoms with Crippen LogP contribution in [-0.2, 0) is 4.74 Å². The van der Waals surface area contributed by atoms with E-state index in [4.69, 9.17) is 9.47 Å². The second-order valence-electron chi connectivity index (χ2n) is 5.58. The van der Waals surface area contributed by atoms with Crippen molar-refractivity contribution in [2.45, 2.75) is 6.92 Å². The SMILES string of the molecule is CCOc1cc(/C=N\Nc2nc(-c3ccccc3)c(C(=O)OC)s2)ccc1O. The molecule has 1 aromatic heterocycles. The minimum absolute atomic E-state index is 0.0714. The first kappa shape index (κ1) is 19.4. The molecule has 0 unspecified atom stereocenters. The number of hydrogen-bond donors (Lipinski definition) is 2. The molecule has 1 heterocycles. The van der Waals surface area contributed by atoms with Crippen LogP contribution in [-0.4, -0.2) is 36.0 Å². The van der Waals surface area contributed by atoms with E-state index in [0.717, 1.165) is 22.5 Å². The Bertz CT molecular complexity index is 986. The molecular weight excluding hydrogens is 378 g/mol. The van der Waals surface area contributed by atoms with Crippen molar-refractivity contribution in [3.63, 3.8) is 0 Å². The number of aromatic nitrogens is 1. The second-order valence-corrected chi connectivity index (χ2v) is 6.58. The van der Waals surface area contributed by atoms with Gasteiger partial charge in [-0.15, -0.1) is 0 Å². The predicted molar refractivity (Wildman–Crippen MR) is 109 cm³/mol. The summed E-state index contributed by atoms with van der Waals surface area (Å²) in [7, 11) is 1.34. The molecule has 0 saturated carbocycles. The van der Waals surface area contributed by atoms with E-state index in [1.54, 1.807) is 24.4 Å². The molecule has 2 N–H and O–H groups in total. The number of thiazole rings is 1. The molecule has 0 amide bonds. The van der Waals surface area contributed by atoms with Crippen molar-refractivity contribution in [3.8, 4) is 22.8 Å². The van der Waals surface area contributed by atoms with Crippen LogP contribution in [0.5, 0.6) is 11.5 Å². The smallest absolute Gasteiger partial charge is 0.350 e. The van der Waals surface area contributed by atoms with Gasteiger partial charge >= 0.3 is 5.97 Å². The first-order valence-electron chi connectivity index (χ1n) is 8.51. The Morgan fingerprint density at radius 3 is 2.79 bits per heavy atom. The van der Waals surface area contributed by atoms with Gasteiger partial charge in [0.25, 0.3) is 0 Å². The normalized spacial score (nSPS) is 10.8. The van der Waals surface area contributed by atoms with Crippen molar-refractivity contribution >= 4 is 28.7 Å². The van der Waals surface area contributed by atoms with E-state index >= 15 is 0 Å². The van der Waals surface area contributed by atoms with E-state index in [2.05, 4.69) is 15.5 Å². The summed E-state index contributed by atoms with van der Waals surface area (Å²) >= 11 is 1.16. The van der Waals surface area contributed by atoms with Crippen LogP contribution in [0, 0.1) is 0 Å². The fourth-order valence-corrected chi connectivity index (χ4v) is 3.29. The molecule has 3 rings (SSSR count). The number of nitrogens with one attached hydrogen (secondary N) is 1. The molecule has 0 radical (unpaired) electrons. The van der Waals surface area contributed by atoms with Crippen molar-refractivity contribution in [1.82, 2.24) is 4.98 Å². The molecule has 0 atom stereocenters. The summed E-state index contributed by atoms with van der Waals surface area (Å²) in [4.78, 5) is 17.0. The number of aromatic hydroxyl groups is 1. The number of methoxy groups -OCH3 is 1. The molecule has 0 aliphatic heterocycles. The monoisotopic (exact) mass is 397 g/mol. The number of carbonyl (C=O) groups excluding carboxylic acids is 1. The number of carbonyl (C=O) groups is 1. The van der Waals surface area contributed by atoms with E-state index in [1.807, 2.05) is 37.3 Å². The summed E-state index contributed by atoms with van der Waals surface area (Å²) in [6.07, 6.45) is 1.57. The van der Waals surface area contributed by atoms with Crippen molar-refractivity contribution in [2.24, 2.45) is 5.10 Å². The summed E-state index contributed by atoms with van der Waals surface area (Å²) in [6, 6.07) is 14.3. The number of hydrogen-bond acceptors (Lipinski definition) is 8. The second kappa shape index (κ2) is 9.01. The van der Waals surface area contributed by atoms with Gasteiger partial charge in [-0.1, -0.05) is 41.7 Å². The molecule has 7 nitrogen and oxygen atoms in total. The zero-order valence-corrected chi connectivity index (χ0v) is 16.2. The average molecular weight is 397 g/mol. The Morgan fingerprint density at radius 2 is 2.07 bits per heavy atom. The molecule has 3 aromatic rings. The lowest BCUT2D eigenvalue weighted by molar-refractivity contribution is 0.0607. The van der Waals surface area contributed by atoms with Gasteiger partial charge in [0.1, 0.15) is 4.88 Å². The summed E-state index contributed by atoms with van der Waals surface area (Å²) in [5.41, 5.74) is 4.93. The van der Waals surface area contributed by atoms with Gasteiger partial charge in [0.2, 0.25) is 5.13 Å². The van der Waals surface area contributed by atoms with Gasteiger partial charge in [-0.05, 0) is 30.7 Å². The number of esters is 1. The summed E-state index contributed by atoms with van der Waals surface area (Å²) in [6.45, 7) is 2.29. The number of phenolic OH excluding ortho intramolecular Hbond substituents is 1. The number of ether oxygens (including phenoxy) is 2. The molecule has 0 aliphatic carbocycles. The largest absolute Gasteiger partial charge is 0.504 e. The van der Waals surface area contributed by atoms with Gasteiger partial charge in [0.15, 0.2) is 11.5 Å². The molecule has 2 aromatic carbocycles. The van der Waals surface area contributed by atoms with Crippen LogP contribution in [0.1, 0.15) is 22.2 Å². The average Bonchev–Trinajstić information content (AvgIpc) is 3.15. The van der Waals surface area contributed by atoms with Crippen LogP contribution in [0.2, 0.25) is 0 Å². The number of nitrogens with zero attached hydrogens (tertiary/aromatic N) is 2. The van der Waals surface area contributed by atoms with Crippen molar-refractivity contribution in [3.05, 3.63) is 59.0 Å². The van der Waals surface area contributed by atoms with Gasteiger partial charge in [0, 0.05) is 5.56 Å². The molecule has 8 heteroatoms. The van der Waals surface area contributed by atoms with Gasteiger partial charge in [-0.3, -0.25) is 5.43 Å². The van der Waals surface area contributed by atoms with Crippen molar-refractivity contribution in [1.29, 1.82) is 0 Å². The van der Waals surface area contributed by atoms with Crippen molar-refractivity contribution < 1.29 is 19.4 Å². The summed E-state index contributed by atoms with van der Waals surface area (Å²) in [5, 5.41) is 14.4. The number of benzene rings is 2. The summed E-state index contributed by atoms with van der Waals surface area (Å²) in [5.74, 6) is 0.00965. The minimum Gasteiger partial charge on any atom is -0.504 e. The molecular formula is C20H19N3O4S. The van der Waals surface area contributed by atoms with Crippen LogP contribution < -0.4 is 10.2 Å². The van der Waals surface area contributed by atoms with Gasteiger partial charge in [-0.25, -0.2) is 9.78 Å². The van der Waals surface area contributed by atoms with Crippen LogP contribution >= 0.6 is 11.3 Å². The maximum atomic E-state index is 12.1. The first-order valence-corrected chi connectivity index (χ1v) is 9.33. The number of anilines is 1. The number of phenols is 1. The number of hydrazone groups is 1. The highest BCUT2D eigenvalue weighted by atomic mass is 32.1. The lowest BCUT2D eigenvalue weighted by atomic mass is 10.1. The molecule has 28 heavy (non-hydrogen) atoms. The third-order valence-corrected chi connectivity index (χ3v) is 4.64. The topological polar surface area (TPSA) is 93.0 Å². The molecule has 0 spiro atoms. The van der Waals surface area contributed by atoms with E-state index in [9.17, 15) is 9.90 Å². The minimum atomic E-state index is -0.451. The Balaban J connectivity index is 1.81. The van der Waals surface area contributed by atoms with Crippen molar-refractivity contribution in [2.75, 3.05) is 19.1 Å². The highest BCUT2D eigenvalue weighted by molar-refractivity contribution is 7.17. The first-order chi connectivity index (χ1) is 13.6. The fraction of sp³-hybridized carbons (Fsp3) is 0.150. The van der Waals surface area contributed by atoms with Crippen LogP contribution in [0.4, 0.5) is 5.13 Å². The summed E-state index contributed by atoms with van der Waals surface area (Å²) < 4.78 is 10.2. The third kappa shape index (κ3) is 4.47. The standard InChI is InChI=1S/C20H19N3O4S/c1-3-27-16-11-13(9-10-15(16)24)12-21-23-20-22-17(14-7-5-4-6-8-14)18(28-20)19(25)26-2/h4-12,24H,3H2,1-2H3,(H,22,23)/b21-12-. The maximum Gasteiger partial charge on any atom is 0.350 e. The molecule has 0 aliphatic rings. The Kier molecular flexibility index (Phi) is 6.23. The van der Waals surface area contributed by atoms with Crippen LogP contribution in [0.15, 0.2) is 53.6 Å². The maximum absolute atomic E-state index is 12.1. The fourth-order valence-electron chi connectivity index (χ4n) is 2.43. The molecule has 144 valence electrons. The van der Waals surface area contributed by atoms with E-state index in [1.165, 1.54) is 7.11 Å². The highest BCUT2D eigenvalue weighted by Gasteiger charge is 2.19. The van der Waals surface area contributed by atoms with E-state index < -0.39 is 5.97 Å². The molecule has 0 bridgehead atoms. The Morgan fingerprint density at radius 1 is 1.29 bits per heavy atom. The lowest BCUT2D eigenvalue weighted by Gasteiger charge is -2.05. The zero-order chi connectivity index (χ0) is 19.9. The predicted octanol–water partition coefficient (Wildman–Crippen LogP) is 4.15. The van der Waals surface area contributed by atoms with E-state index in [-0.39, 0.29) is 5.75 Å². The van der Waals surface area contributed by atoms with Gasteiger partial charge < -0.3 is 14.6 Å². The van der Waals surface area contributed by atoms with Gasteiger partial charge in [-0.2, -0.15) is 5.10 Å². The van der Waals surface area contributed by atoms with E-state index in [0.29, 0.717) is 28.1 Å². The van der Waals surface area contributed by atoms with Gasteiger partial charge in [0.05, 0.1) is 25.6 Å². The zero-order valence-electron chi connectivity index (χ0n) is 15.4. The Labute approximate surface area is 166 Å². The van der Waals surface area contributed by atoms with Crippen LogP contribution in [0.25, 0.3) is 11.3 Å². The lowest BCUT2D eigenvalue weighted by Crippen LogP contribution is -2.00.